The highest BCUT2D eigenvalue weighted by Crippen LogP contribution is 2.35. The summed E-state index contributed by atoms with van der Waals surface area (Å²) in [7, 11) is 0. The summed E-state index contributed by atoms with van der Waals surface area (Å²) in [5.74, 6) is 0.528. The fourth-order valence-electron chi connectivity index (χ4n) is 2.22. The molecule has 0 saturated heterocycles. The van der Waals surface area contributed by atoms with Crippen LogP contribution >= 0.6 is 0 Å². The fourth-order valence-corrected chi connectivity index (χ4v) is 2.22. The Balaban J connectivity index is 2.48. The van der Waals surface area contributed by atoms with Gasteiger partial charge in [-0.1, -0.05) is 19.8 Å². The van der Waals surface area contributed by atoms with Crippen molar-refractivity contribution in [2.75, 3.05) is 0 Å². The average molecular weight is 184 g/mol. The van der Waals surface area contributed by atoms with Crippen molar-refractivity contribution in [3.8, 4) is 0 Å². The average Bonchev–Trinajstić information content (AvgIpc) is 2.55. The lowest BCUT2D eigenvalue weighted by atomic mass is 9.83. The van der Waals surface area contributed by atoms with Gasteiger partial charge < -0.3 is 5.11 Å². The van der Waals surface area contributed by atoms with Crippen LogP contribution in [0, 0.1) is 5.92 Å². The molecule has 1 fully saturated rings. The predicted octanol–water partition coefficient (Wildman–Crippen LogP) is 2.30. The maximum absolute atomic E-state index is 11.2. The molecule has 0 bridgehead atoms. The van der Waals surface area contributed by atoms with Gasteiger partial charge in [0, 0.05) is 12.8 Å². The Bertz CT molecular complexity index is 179. The van der Waals surface area contributed by atoms with Crippen LogP contribution < -0.4 is 0 Å². The second kappa shape index (κ2) is 4.23. The lowest BCUT2D eigenvalue weighted by molar-refractivity contribution is -0.125. The maximum Gasteiger partial charge on any atom is 0.135 e. The van der Waals surface area contributed by atoms with Gasteiger partial charge in [-0.15, -0.1) is 0 Å². The van der Waals surface area contributed by atoms with E-state index in [4.69, 9.17) is 0 Å². The monoisotopic (exact) mass is 184 g/mol. The molecule has 1 N–H and O–H groups in total. The molecule has 76 valence electrons. The van der Waals surface area contributed by atoms with E-state index in [2.05, 4.69) is 0 Å². The van der Waals surface area contributed by atoms with Gasteiger partial charge in [-0.05, 0) is 25.7 Å². The topological polar surface area (TPSA) is 37.3 Å². The molecule has 0 aliphatic heterocycles. The first-order chi connectivity index (χ1) is 6.06. The van der Waals surface area contributed by atoms with Crippen LogP contribution in [-0.2, 0) is 4.79 Å². The molecule has 0 aromatic rings. The van der Waals surface area contributed by atoms with E-state index in [1.807, 2.05) is 13.8 Å². The van der Waals surface area contributed by atoms with Gasteiger partial charge >= 0.3 is 0 Å². The molecule has 0 radical (unpaired) electrons. The Labute approximate surface area is 80.3 Å². The molecule has 2 heteroatoms. The molecule has 1 atom stereocenters. The van der Waals surface area contributed by atoms with Crippen LogP contribution in [-0.4, -0.2) is 16.5 Å². The highest BCUT2D eigenvalue weighted by atomic mass is 16.3. The first-order valence-electron chi connectivity index (χ1n) is 5.30. The molecule has 0 aromatic carbocycles. The minimum Gasteiger partial charge on any atom is -0.389 e. The Morgan fingerprint density at radius 3 is 2.46 bits per heavy atom. The molecule has 2 nitrogen and oxygen atoms in total. The summed E-state index contributed by atoms with van der Waals surface area (Å²) in [6.07, 6.45) is 5.48. The van der Waals surface area contributed by atoms with E-state index < -0.39 is 5.60 Å². The Morgan fingerprint density at radius 2 is 2.00 bits per heavy atom. The van der Waals surface area contributed by atoms with Crippen molar-refractivity contribution < 1.29 is 9.90 Å². The number of hydrogen-bond donors (Lipinski definition) is 1. The van der Waals surface area contributed by atoms with Crippen molar-refractivity contribution in [2.45, 2.75) is 58.0 Å². The SMILES string of the molecule is CCC(=O)CC(C)(O)C1CCCC1. The van der Waals surface area contributed by atoms with E-state index in [0.717, 1.165) is 12.8 Å². The van der Waals surface area contributed by atoms with Gasteiger partial charge in [-0.2, -0.15) is 0 Å². The summed E-state index contributed by atoms with van der Waals surface area (Å²) < 4.78 is 0. The molecule has 0 aromatic heterocycles. The predicted molar refractivity (Wildman–Crippen MR) is 52.5 cm³/mol. The summed E-state index contributed by atoms with van der Waals surface area (Å²) in [6, 6.07) is 0. The second-order valence-electron chi connectivity index (χ2n) is 4.41. The molecule has 1 aliphatic rings. The van der Waals surface area contributed by atoms with Crippen LogP contribution in [0.15, 0.2) is 0 Å². The number of aliphatic hydroxyl groups is 1. The van der Waals surface area contributed by atoms with E-state index in [0.29, 0.717) is 18.8 Å². The molecular formula is C11H20O2. The minimum absolute atomic E-state index is 0.178. The number of rotatable bonds is 4. The molecule has 0 amide bonds. The van der Waals surface area contributed by atoms with E-state index in [1.165, 1.54) is 12.8 Å². The molecule has 0 heterocycles. The van der Waals surface area contributed by atoms with E-state index in [1.54, 1.807) is 0 Å². The van der Waals surface area contributed by atoms with Crippen molar-refractivity contribution >= 4 is 5.78 Å². The first kappa shape index (κ1) is 10.7. The maximum atomic E-state index is 11.2. The molecule has 1 rings (SSSR count). The quantitative estimate of drug-likeness (QED) is 0.728. The lowest BCUT2D eigenvalue weighted by Crippen LogP contribution is -2.35. The van der Waals surface area contributed by atoms with E-state index in [9.17, 15) is 9.90 Å². The number of hydrogen-bond acceptors (Lipinski definition) is 2. The van der Waals surface area contributed by atoms with Crippen LogP contribution in [0.3, 0.4) is 0 Å². The van der Waals surface area contributed by atoms with Gasteiger partial charge in [-0.3, -0.25) is 4.79 Å². The Kier molecular flexibility index (Phi) is 3.48. The van der Waals surface area contributed by atoms with Crippen LogP contribution in [0.2, 0.25) is 0 Å². The number of Topliss-reactive ketones (excluding diaryl/α,β-unsaturated/α-hetero) is 1. The normalized spacial score (nSPS) is 23.0. The number of carbonyl (C=O) groups is 1. The summed E-state index contributed by atoms with van der Waals surface area (Å²) in [5.41, 5.74) is -0.746. The number of carbonyl (C=O) groups excluding carboxylic acids is 1. The minimum atomic E-state index is -0.746. The Morgan fingerprint density at radius 1 is 1.46 bits per heavy atom. The molecule has 13 heavy (non-hydrogen) atoms. The third kappa shape index (κ3) is 2.80. The zero-order valence-corrected chi connectivity index (χ0v) is 8.68. The van der Waals surface area contributed by atoms with Gasteiger partial charge in [0.25, 0.3) is 0 Å². The van der Waals surface area contributed by atoms with Crippen molar-refractivity contribution in [1.29, 1.82) is 0 Å². The summed E-state index contributed by atoms with van der Waals surface area (Å²) >= 11 is 0. The first-order valence-corrected chi connectivity index (χ1v) is 5.30. The molecule has 0 spiro atoms. The van der Waals surface area contributed by atoms with Crippen LogP contribution in [0.5, 0.6) is 0 Å². The van der Waals surface area contributed by atoms with Gasteiger partial charge in [0.05, 0.1) is 5.60 Å². The van der Waals surface area contributed by atoms with Gasteiger partial charge in [-0.25, -0.2) is 0 Å². The van der Waals surface area contributed by atoms with E-state index in [-0.39, 0.29) is 5.78 Å². The second-order valence-corrected chi connectivity index (χ2v) is 4.41. The van der Waals surface area contributed by atoms with Crippen LogP contribution in [0.4, 0.5) is 0 Å². The highest BCUT2D eigenvalue weighted by Gasteiger charge is 2.35. The Hall–Kier alpha value is -0.370. The molecular weight excluding hydrogens is 164 g/mol. The zero-order chi connectivity index (χ0) is 9.90. The zero-order valence-electron chi connectivity index (χ0n) is 8.68. The van der Waals surface area contributed by atoms with Gasteiger partial charge in [0.2, 0.25) is 0 Å². The highest BCUT2D eigenvalue weighted by molar-refractivity contribution is 5.79. The largest absolute Gasteiger partial charge is 0.389 e. The lowest BCUT2D eigenvalue weighted by Gasteiger charge is -2.29. The van der Waals surface area contributed by atoms with Crippen molar-refractivity contribution in [3.05, 3.63) is 0 Å². The van der Waals surface area contributed by atoms with Crippen molar-refractivity contribution in [3.63, 3.8) is 0 Å². The van der Waals surface area contributed by atoms with Crippen molar-refractivity contribution in [1.82, 2.24) is 0 Å². The van der Waals surface area contributed by atoms with Crippen LogP contribution in [0.25, 0.3) is 0 Å². The third-order valence-corrected chi connectivity index (χ3v) is 3.18. The molecule has 1 saturated carbocycles. The smallest absolute Gasteiger partial charge is 0.135 e. The summed E-state index contributed by atoms with van der Waals surface area (Å²) in [5, 5.41) is 10.1. The molecule has 1 unspecified atom stereocenters. The van der Waals surface area contributed by atoms with E-state index >= 15 is 0 Å². The fraction of sp³-hybridized carbons (Fsp3) is 0.909. The van der Waals surface area contributed by atoms with Gasteiger partial charge in [0.1, 0.15) is 5.78 Å². The summed E-state index contributed by atoms with van der Waals surface area (Å²) in [6.45, 7) is 3.67. The van der Waals surface area contributed by atoms with Crippen molar-refractivity contribution in [2.24, 2.45) is 5.92 Å². The van der Waals surface area contributed by atoms with Gasteiger partial charge in [0.15, 0.2) is 0 Å². The molecule has 1 aliphatic carbocycles. The van der Waals surface area contributed by atoms with Crippen LogP contribution in [0.1, 0.15) is 52.4 Å². The number of ketones is 1. The standard InChI is InChI=1S/C11H20O2/c1-3-10(12)8-11(2,13)9-6-4-5-7-9/h9,13H,3-8H2,1-2H3. The summed E-state index contributed by atoms with van der Waals surface area (Å²) in [4.78, 5) is 11.2. The third-order valence-electron chi connectivity index (χ3n) is 3.18.